The number of hydrogen-bond acceptors (Lipinski definition) is 20. The summed E-state index contributed by atoms with van der Waals surface area (Å²) < 4.78 is 55.7. The number of rotatable bonds is 31. The van der Waals surface area contributed by atoms with E-state index < -0.39 is 47.8 Å². The van der Waals surface area contributed by atoms with Crippen molar-refractivity contribution < 1.29 is 95.3 Å². The molecule has 20 nitrogen and oxygen atoms in total. The maximum Gasteiger partial charge on any atom is 0.339 e. The molecule has 6 aliphatic rings. The van der Waals surface area contributed by atoms with Crippen molar-refractivity contribution >= 4 is 59.7 Å². The molecule has 146 heavy (non-hydrogen) atoms. The molecule has 6 aliphatic carbocycles. The van der Waals surface area contributed by atoms with Gasteiger partial charge < -0.3 is 47.4 Å². The van der Waals surface area contributed by atoms with Gasteiger partial charge in [0, 0.05) is 67.8 Å². The van der Waals surface area contributed by atoms with Crippen molar-refractivity contribution in [2.24, 2.45) is 53.3 Å². The lowest BCUT2D eigenvalue weighted by Gasteiger charge is -2.40. The SMILES string of the molecule is C#Cc1ccc(C#Cc2ccc(C#CC3(OC(=O)c4ccc(OC(=O)C5CCC(C(=O)OCCCCCCCC)CC5)cc4)CCC(c4ccc(OC(=O)C5CCC(C(=O)OCOC(=O)C=C)CC5)cc4)CC3)cc2)cc1.C#Cc1ccc(C#Cc2ccc(C#Cc3ccc(C#CC4(OC(=O)c5ccc(OC(=O)C6CCC(C(=O)OCCCCOC(=O)C=C)CC6)cc5)CCC(C5CCC(C)CC5)CC4)cc3)cc2)cc1. The van der Waals surface area contributed by atoms with Crippen LogP contribution in [0.5, 0.6) is 17.2 Å². The Labute approximate surface area is 859 Å². The zero-order valence-electron chi connectivity index (χ0n) is 83.6. The highest BCUT2D eigenvalue weighted by molar-refractivity contribution is 5.91. The molecule has 752 valence electrons. The van der Waals surface area contributed by atoms with Crippen LogP contribution in [0.2, 0.25) is 0 Å². The minimum Gasteiger partial charge on any atom is -0.465 e. The number of esters is 10. The molecule has 0 unspecified atom stereocenters. The maximum absolute atomic E-state index is 14.0. The number of hydrogen-bond donors (Lipinski definition) is 0. The summed E-state index contributed by atoms with van der Waals surface area (Å²) in [5.41, 5.74) is 8.01. The highest BCUT2D eigenvalue weighted by Gasteiger charge is 2.43. The molecular formula is C126H128O20. The predicted molar refractivity (Wildman–Crippen MR) is 556 cm³/mol. The molecule has 6 saturated carbocycles. The Morgan fingerprint density at radius 3 is 0.932 bits per heavy atom. The van der Waals surface area contributed by atoms with Gasteiger partial charge in [-0.25, -0.2) is 19.2 Å². The second-order valence-electron chi connectivity index (χ2n) is 38.8. The number of unbranched alkanes of at least 4 members (excludes halogenated alkanes) is 6. The molecule has 6 fully saturated rings. The smallest absolute Gasteiger partial charge is 0.339 e. The quantitative estimate of drug-likeness (QED) is 0.00743. The Bertz CT molecular complexity index is 6240. The second-order valence-corrected chi connectivity index (χ2v) is 38.8. The molecule has 0 N–H and O–H groups in total. The third-order valence-electron chi connectivity index (χ3n) is 28.5. The predicted octanol–water partition coefficient (Wildman–Crippen LogP) is 23.1. The highest BCUT2D eigenvalue weighted by Crippen LogP contribution is 2.46. The Kier molecular flexibility index (Phi) is 41.2. The van der Waals surface area contributed by atoms with Crippen LogP contribution in [0.3, 0.4) is 0 Å². The van der Waals surface area contributed by atoms with Crippen molar-refractivity contribution in [3.05, 3.63) is 292 Å². The van der Waals surface area contributed by atoms with Crippen LogP contribution in [0, 0.1) is 137 Å². The normalized spacial score (nSPS) is 21.1. The largest absolute Gasteiger partial charge is 0.465 e. The fraction of sp³-hybridized carbons (Fsp3) is 0.397. The molecule has 20 heteroatoms. The van der Waals surface area contributed by atoms with Gasteiger partial charge in [0.2, 0.25) is 6.79 Å². The van der Waals surface area contributed by atoms with Crippen LogP contribution >= 0.6 is 0 Å². The van der Waals surface area contributed by atoms with Gasteiger partial charge in [-0.15, -0.1) is 12.8 Å². The molecule has 14 rings (SSSR count). The molecule has 8 aromatic rings. The minimum absolute atomic E-state index is 0.122. The van der Waals surface area contributed by atoms with Crippen molar-refractivity contribution in [1.82, 2.24) is 0 Å². The summed E-state index contributed by atoms with van der Waals surface area (Å²) in [5.74, 6) is 35.0. The number of ether oxygens (including phenoxy) is 10. The second kappa shape index (κ2) is 55.6. The van der Waals surface area contributed by atoms with E-state index in [9.17, 15) is 47.9 Å². The molecule has 0 spiro atoms. The number of carbonyl (C=O) groups excluding carboxylic acids is 10. The van der Waals surface area contributed by atoms with Gasteiger partial charge in [0.05, 0.1) is 66.5 Å². The average molecular weight is 1960 g/mol. The van der Waals surface area contributed by atoms with Gasteiger partial charge in [0.15, 0.2) is 11.2 Å². The lowest BCUT2D eigenvalue weighted by Crippen LogP contribution is -2.39. The Balaban J connectivity index is 0.000000246. The summed E-state index contributed by atoms with van der Waals surface area (Å²) in [4.78, 5) is 127. The lowest BCUT2D eigenvalue weighted by atomic mass is 9.68. The fourth-order valence-corrected chi connectivity index (χ4v) is 19.4. The summed E-state index contributed by atoms with van der Waals surface area (Å²) in [6.07, 6.45) is 37.7. The summed E-state index contributed by atoms with van der Waals surface area (Å²) in [5, 5.41) is 0. The Morgan fingerprint density at radius 1 is 0.308 bits per heavy atom. The summed E-state index contributed by atoms with van der Waals surface area (Å²) in [6, 6.07) is 58.6. The van der Waals surface area contributed by atoms with Gasteiger partial charge in [-0.2, -0.15) is 0 Å². The topological polar surface area (TPSA) is 263 Å². The van der Waals surface area contributed by atoms with Crippen LogP contribution in [0.25, 0.3) is 0 Å². The molecule has 0 radical (unpaired) electrons. The van der Waals surface area contributed by atoms with Crippen LogP contribution in [-0.4, -0.2) is 97.5 Å². The van der Waals surface area contributed by atoms with Crippen LogP contribution in [0.4, 0.5) is 0 Å². The van der Waals surface area contributed by atoms with E-state index in [-0.39, 0.29) is 90.0 Å². The first-order chi connectivity index (χ1) is 71.0. The fourth-order valence-electron chi connectivity index (χ4n) is 19.4. The molecule has 0 amide bonds. The first kappa shape index (κ1) is 108. The molecule has 8 aromatic carbocycles. The molecule has 0 bridgehead atoms. The Hall–Kier alpha value is -15.1. The molecular weight excluding hydrogens is 1830 g/mol. The standard InChI is InChI=1S/C65H68O12.C61H60O8/c1-4-7-8-9-10-11-44-72-60(67)52-22-26-54(27-23-52)63(70)76-58-36-32-56(33-37-58)64(71)77-65(41-38-49-20-18-48(19-21-49)17-16-47-14-12-46(5-2)13-15-47)42-39-51(40-43-65)50-30-34-57(35-31-50)75-62(69)55-28-24-53(25-29-55)61(68)74-45-73-59(66)6-3;1-4-45-10-12-46(13-11-45)14-15-47-16-18-48(19-17-47)20-21-49-22-24-50(25-23-49)36-39-61(40-37-52(38-41-61)51-26-8-44(3)9-27-51)69-60(65)55-32-34-56(35-33-55)68-59(64)54-30-28-53(29-31-54)58(63)67-43-7-6-42-66-57(62)5-2/h2,6,12-15,18-21,30-37,51-55H,3-4,7-11,22-29,39-40,42-45H2,1H3;1,5,10-13,16-19,22-25,32-35,44,51-54H,2,6-9,26-31,37-38,40-43H2,3H3. The van der Waals surface area contributed by atoms with E-state index in [1.165, 1.54) is 44.9 Å². The van der Waals surface area contributed by atoms with Crippen LogP contribution in [-0.2, 0) is 71.5 Å². The average Bonchev–Trinajstić information content (AvgIpc) is 0.801. The molecule has 0 aromatic heterocycles. The number of terminal acetylenes is 2. The van der Waals surface area contributed by atoms with Gasteiger partial charge in [-0.3, -0.25) is 28.8 Å². The van der Waals surface area contributed by atoms with E-state index in [2.05, 4.69) is 98.1 Å². The third kappa shape index (κ3) is 33.7. The van der Waals surface area contributed by atoms with Crippen LogP contribution in [0.1, 0.15) is 307 Å². The monoisotopic (exact) mass is 1960 g/mol. The zero-order chi connectivity index (χ0) is 103. The Morgan fingerprint density at radius 2 is 0.589 bits per heavy atom. The van der Waals surface area contributed by atoms with E-state index in [1.54, 1.807) is 60.7 Å². The van der Waals surface area contributed by atoms with Gasteiger partial charge in [0.1, 0.15) is 17.2 Å². The van der Waals surface area contributed by atoms with Crippen molar-refractivity contribution in [2.75, 3.05) is 26.6 Å². The molecule has 0 saturated heterocycles. The highest BCUT2D eigenvalue weighted by atomic mass is 16.7. The van der Waals surface area contributed by atoms with E-state index in [4.69, 9.17) is 60.2 Å². The van der Waals surface area contributed by atoms with E-state index in [1.807, 2.05) is 133 Å². The third-order valence-corrected chi connectivity index (χ3v) is 28.5. The van der Waals surface area contributed by atoms with Crippen molar-refractivity contribution in [2.45, 2.75) is 236 Å². The first-order valence-corrected chi connectivity index (χ1v) is 51.6. The van der Waals surface area contributed by atoms with Gasteiger partial charge in [-0.05, 0) is 384 Å². The van der Waals surface area contributed by atoms with E-state index in [0.717, 1.165) is 111 Å². The lowest BCUT2D eigenvalue weighted by molar-refractivity contribution is -0.169. The summed E-state index contributed by atoms with van der Waals surface area (Å²) >= 11 is 0. The van der Waals surface area contributed by atoms with Crippen LogP contribution in [0.15, 0.2) is 219 Å². The minimum atomic E-state index is -1.11. The summed E-state index contributed by atoms with van der Waals surface area (Å²) in [6.45, 7) is 11.7. The van der Waals surface area contributed by atoms with Crippen molar-refractivity contribution in [1.29, 1.82) is 0 Å². The molecule has 0 aliphatic heterocycles. The van der Waals surface area contributed by atoms with E-state index >= 15 is 0 Å². The van der Waals surface area contributed by atoms with Crippen molar-refractivity contribution in [3.63, 3.8) is 0 Å². The maximum atomic E-state index is 14.0. The van der Waals surface area contributed by atoms with Crippen molar-refractivity contribution in [3.8, 4) is 101 Å². The first-order valence-electron chi connectivity index (χ1n) is 51.6. The van der Waals surface area contributed by atoms with Gasteiger partial charge in [0.25, 0.3) is 0 Å². The van der Waals surface area contributed by atoms with Crippen LogP contribution < -0.4 is 14.2 Å². The summed E-state index contributed by atoms with van der Waals surface area (Å²) in [7, 11) is 0. The van der Waals surface area contributed by atoms with Gasteiger partial charge >= 0.3 is 59.7 Å². The number of carbonyl (C=O) groups is 10. The zero-order valence-corrected chi connectivity index (χ0v) is 83.6. The molecule has 0 atom stereocenters. The van der Waals surface area contributed by atoms with Gasteiger partial charge in [-0.1, -0.05) is 143 Å². The number of benzene rings is 8. The molecule has 0 heterocycles. The van der Waals surface area contributed by atoms with E-state index in [0.29, 0.717) is 170 Å².